The van der Waals surface area contributed by atoms with E-state index in [4.69, 9.17) is 4.74 Å². The number of amides is 1. The molecule has 6 heteroatoms. The van der Waals surface area contributed by atoms with Gasteiger partial charge < -0.3 is 10.1 Å². The number of para-hydroxylation sites is 1. The van der Waals surface area contributed by atoms with Crippen molar-refractivity contribution in [2.75, 3.05) is 13.2 Å². The van der Waals surface area contributed by atoms with Crippen molar-refractivity contribution in [2.45, 2.75) is 26.2 Å². The highest BCUT2D eigenvalue weighted by molar-refractivity contribution is 5.88. The van der Waals surface area contributed by atoms with Gasteiger partial charge in [0.1, 0.15) is 6.54 Å². The summed E-state index contributed by atoms with van der Waals surface area (Å²) in [6, 6.07) is 7.56. The van der Waals surface area contributed by atoms with Crippen LogP contribution in [0.4, 0.5) is 0 Å². The molecule has 0 saturated heterocycles. The van der Waals surface area contributed by atoms with Crippen LogP contribution in [0.1, 0.15) is 25.5 Å². The minimum Gasteiger partial charge on any atom is -0.464 e. The molecule has 2 N–H and O–H groups in total. The van der Waals surface area contributed by atoms with Gasteiger partial charge in [0.2, 0.25) is 5.91 Å². The lowest BCUT2D eigenvalue weighted by molar-refractivity contribution is -0.144. The molecule has 0 spiro atoms. The minimum atomic E-state index is -0.411. The van der Waals surface area contributed by atoms with Gasteiger partial charge in [-0.3, -0.25) is 14.7 Å². The standard InChI is InChI=1S/C15H19N3O3/c1-2-3-8-21-15(20)10-16-14(19)9-13-11-6-4-5-7-12(11)17-18-13/h4-7H,2-3,8-10H2,1H3,(H,16,19)(H,17,18). The van der Waals surface area contributed by atoms with Crippen molar-refractivity contribution in [3.63, 3.8) is 0 Å². The van der Waals surface area contributed by atoms with E-state index in [1.807, 2.05) is 31.2 Å². The van der Waals surface area contributed by atoms with Crippen molar-refractivity contribution in [1.82, 2.24) is 15.5 Å². The maximum Gasteiger partial charge on any atom is 0.325 e. The zero-order valence-corrected chi connectivity index (χ0v) is 12.0. The topological polar surface area (TPSA) is 84.1 Å². The second kappa shape index (κ2) is 7.42. The summed E-state index contributed by atoms with van der Waals surface area (Å²) in [4.78, 5) is 23.2. The number of nitrogens with zero attached hydrogens (tertiary/aromatic N) is 1. The molecule has 6 nitrogen and oxygen atoms in total. The smallest absolute Gasteiger partial charge is 0.325 e. The van der Waals surface area contributed by atoms with E-state index < -0.39 is 5.97 Å². The molecule has 0 fully saturated rings. The number of benzene rings is 1. The molecule has 1 heterocycles. The van der Waals surface area contributed by atoms with Crippen LogP contribution in [-0.2, 0) is 20.7 Å². The van der Waals surface area contributed by atoms with Crippen molar-refractivity contribution < 1.29 is 14.3 Å². The van der Waals surface area contributed by atoms with Gasteiger partial charge >= 0.3 is 5.97 Å². The Bertz CT molecular complexity index is 621. The SMILES string of the molecule is CCCCOC(=O)CNC(=O)Cc1[nH]nc2ccccc12. The molecule has 1 aromatic carbocycles. The number of carbonyl (C=O) groups is 2. The Morgan fingerprint density at radius 1 is 1.33 bits per heavy atom. The normalized spacial score (nSPS) is 10.5. The van der Waals surface area contributed by atoms with Crippen molar-refractivity contribution in [1.29, 1.82) is 0 Å². The second-order valence-electron chi connectivity index (χ2n) is 4.75. The van der Waals surface area contributed by atoms with E-state index in [-0.39, 0.29) is 18.9 Å². The number of hydrogen-bond donors (Lipinski definition) is 2. The molecule has 0 unspecified atom stereocenters. The number of unbranched alkanes of at least 4 members (excludes halogenated alkanes) is 1. The van der Waals surface area contributed by atoms with Crippen molar-refractivity contribution in [3.8, 4) is 0 Å². The van der Waals surface area contributed by atoms with Crippen LogP contribution in [0.25, 0.3) is 10.9 Å². The van der Waals surface area contributed by atoms with Gasteiger partial charge in [-0.1, -0.05) is 31.5 Å². The van der Waals surface area contributed by atoms with E-state index in [0.29, 0.717) is 6.61 Å². The lowest BCUT2D eigenvalue weighted by Gasteiger charge is -2.05. The second-order valence-corrected chi connectivity index (χ2v) is 4.75. The van der Waals surface area contributed by atoms with Crippen LogP contribution < -0.4 is 5.32 Å². The molecular formula is C15H19N3O3. The molecule has 0 aliphatic rings. The zero-order chi connectivity index (χ0) is 15.1. The lowest BCUT2D eigenvalue weighted by atomic mass is 10.1. The summed E-state index contributed by atoms with van der Waals surface area (Å²) < 4.78 is 4.96. The van der Waals surface area contributed by atoms with Gasteiger partial charge in [-0.2, -0.15) is 5.10 Å². The van der Waals surface area contributed by atoms with Gasteiger partial charge in [-0.05, 0) is 12.5 Å². The summed E-state index contributed by atoms with van der Waals surface area (Å²) in [5.41, 5.74) is 1.56. The van der Waals surface area contributed by atoms with Crippen LogP contribution >= 0.6 is 0 Å². The number of hydrogen-bond acceptors (Lipinski definition) is 4. The first-order valence-electron chi connectivity index (χ1n) is 7.05. The summed E-state index contributed by atoms with van der Waals surface area (Å²) in [6.07, 6.45) is 1.95. The Morgan fingerprint density at radius 2 is 2.14 bits per heavy atom. The molecule has 0 aliphatic carbocycles. The van der Waals surface area contributed by atoms with Crippen LogP contribution in [0, 0.1) is 0 Å². The molecular weight excluding hydrogens is 270 g/mol. The van der Waals surface area contributed by atoms with Gasteiger partial charge in [-0.15, -0.1) is 0 Å². The number of H-pyrrole nitrogens is 1. The van der Waals surface area contributed by atoms with Crippen LogP contribution in [-0.4, -0.2) is 35.2 Å². The third-order valence-electron chi connectivity index (χ3n) is 3.07. The quantitative estimate of drug-likeness (QED) is 0.598. The van der Waals surface area contributed by atoms with Crippen LogP contribution in [0.2, 0.25) is 0 Å². The molecule has 0 saturated carbocycles. The summed E-state index contributed by atoms with van der Waals surface area (Å²) in [6.45, 7) is 2.31. The fraction of sp³-hybridized carbons (Fsp3) is 0.400. The van der Waals surface area contributed by atoms with Crippen LogP contribution in [0.5, 0.6) is 0 Å². The number of fused-ring (bicyclic) bond motifs is 1. The number of ether oxygens (including phenoxy) is 1. The molecule has 0 bridgehead atoms. The van der Waals surface area contributed by atoms with Gasteiger partial charge in [0.05, 0.1) is 24.2 Å². The summed E-state index contributed by atoms with van der Waals surface area (Å²) in [5, 5.41) is 10.4. The van der Waals surface area contributed by atoms with Gasteiger partial charge in [0.25, 0.3) is 0 Å². The number of rotatable bonds is 7. The molecule has 2 aromatic rings. The Morgan fingerprint density at radius 3 is 2.95 bits per heavy atom. The maximum absolute atomic E-state index is 11.8. The van der Waals surface area contributed by atoms with Crippen LogP contribution in [0.15, 0.2) is 24.3 Å². The molecule has 0 atom stereocenters. The third kappa shape index (κ3) is 4.30. The molecule has 1 aromatic heterocycles. The Balaban J connectivity index is 1.81. The summed E-state index contributed by atoms with van der Waals surface area (Å²) in [5.74, 6) is -0.650. The number of nitrogens with one attached hydrogen (secondary N) is 2. The van der Waals surface area contributed by atoms with Crippen molar-refractivity contribution in [3.05, 3.63) is 30.0 Å². The van der Waals surface area contributed by atoms with E-state index in [2.05, 4.69) is 15.5 Å². The van der Waals surface area contributed by atoms with Crippen LogP contribution in [0.3, 0.4) is 0 Å². The predicted octanol–water partition coefficient (Wildman–Crippen LogP) is 1.56. The highest BCUT2D eigenvalue weighted by atomic mass is 16.5. The molecule has 1 amide bonds. The Kier molecular flexibility index (Phi) is 5.31. The number of aromatic amines is 1. The van der Waals surface area contributed by atoms with E-state index in [0.717, 1.165) is 29.4 Å². The molecule has 112 valence electrons. The maximum atomic E-state index is 11.8. The molecule has 0 aliphatic heterocycles. The number of esters is 1. The fourth-order valence-electron chi connectivity index (χ4n) is 1.92. The predicted molar refractivity (Wildman–Crippen MR) is 78.7 cm³/mol. The monoisotopic (exact) mass is 289 g/mol. The lowest BCUT2D eigenvalue weighted by Crippen LogP contribution is -2.32. The van der Waals surface area contributed by atoms with Crippen molar-refractivity contribution >= 4 is 22.8 Å². The average molecular weight is 289 g/mol. The molecule has 21 heavy (non-hydrogen) atoms. The summed E-state index contributed by atoms with van der Waals surface area (Å²) >= 11 is 0. The van der Waals surface area contributed by atoms with E-state index in [9.17, 15) is 9.59 Å². The van der Waals surface area contributed by atoms with Gasteiger partial charge in [0, 0.05) is 5.39 Å². The van der Waals surface area contributed by atoms with Gasteiger partial charge in [0.15, 0.2) is 0 Å². The van der Waals surface area contributed by atoms with E-state index >= 15 is 0 Å². The Labute approximate surface area is 122 Å². The fourth-order valence-corrected chi connectivity index (χ4v) is 1.92. The number of carbonyl (C=O) groups excluding carboxylic acids is 2. The van der Waals surface area contributed by atoms with Crippen molar-refractivity contribution in [2.24, 2.45) is 0 Å². The first kappa shape index (κ1) is 15.0. The van der Waals surface area contributed by atoms with Gasteiger partial charge in [-0.25, -0.2) is 0 Å². The largest absolute Gasteiger partial charge is 0.464 e. The number of aromatic nitrogens is 2. The Hall–Kier alpha value is -2.37. The molecule has 0 radical (unpaired) electrons. The van der Waals surface area contributed by atoms with E-state index in [1.54, 1.807) is 0 Å². The van der Waals surface area contributed by atoms with E-state index in [1.165, 1.54) is 0 Å². The first-order chi connectivity index (χ1) is 10.2. The molecule has 2 rings (SSSR count). The highest BCUT2D eigenvalue weighted by Crippen LogP contribution is 2.15. The zero-order valence-electron chi connectivity index (χ0n) is 12.0. The average Bonchev–Trinajstić information content (AvgIpc) is 2.89. The highest BCUT2D eigenvalue weighted by Gasteiger charge is 2.11. The first-order valence-corrected chi connectivity index (χ1v) is 7.05. The third-order valence-corrected chi connectivity index (χ3v) is 3.07. The minimum absolute atomic E-state index is 0.103. The summed E-state index contributed by atoms with van der Waals surface area (Å²) in [7, 11) is 0.